The number of aromatic nitrogens is 6. The average molecular weight is 466 g/mol. The molecule has 0 saturated carbocycles. The van der Waals surface area contributed by atoms with Gasteiger partial charge in [0.1, 0.15) is 11.3 Å². The quantitative estimate of drug-likeness (QED) is 0.424. The first-order valence-electron chi connectivity index (χ1n) is 10.7. The molecule has 2 N–H and O–H groups in total. The fraction of sp³-hybridized carbons (Fsp3) is 0.333. The second kappa shape index (κ2) is 9.46. The summed E-state index contributed by atoms with van der Waals surface area (Å²) in [5, 5.41) is 25.2. The predicted molar refractivity (Wildman–Crippen MR) is 125 cm³/mol. The van der Waals surface area contributed by atoms with Gasteiger partial charge in [-0.15, -0.1) is 10.2 Å². The number of nitrogens with one attached hydrogen (secondary N) is 1. The van der Waals surface area contributed by atoms with Crippen LogP contribution in [0.15, 0.2) is 42.3 Å². The Bertz CT molecular complexity index is 1240. The molecule has 33 heavy (non-hydrogen) atoms. The van der Waals surface area contributed by atoms with Crippen LogP contribution in [0.5, 0.6) is 0 Å². The van der Waals surface area contributed by atoms with Crippen LogP contribution < -0.4 is 5.32 Å². The number of piperazine rings is 1. The molecular weight excluding hydrogens is 442 g/mol. The van der Waals surface area contributed by atoms with Gasteiger partial charge in [0.25, 0.3) is 0 Å². The molecule has 0 bridgehead atoms. The molecule has 5 rings (SSSR count). The van der Waals surface area contributed by atoms with Gasteiger partial charge in [-0.1, -0.05) is 11.3 Å². The Hall–Kier alpha value is -3.64. The van der Waals surface area contributed by atoms with Crippen LogP contribution in [0.3, 0.4) is 0 Å². The number of pyridine rings is 2. The second-order valence-corrected chi connectivity index (χ2v) is 8.62. The number of carboxylic acid groups (broad SMARTS) is 1. The number of aryl methyl sites for hydroxylation is 1. The number of fused-ring (bicyclic) bond motifs is 1. The first kappa shape index (κ1) is 21.2. The van der Waals surface area contributed by atoms with Crippen LogP contribution in [0.25, 0.3) is 22.2 Å². The standard InChI is InChI=1S/C21H23N9O2S/c31-21(32)29-8-6-28(7-9-29)4-1-5-30-13-16(12-24-30)15-10-18-17(22-11-15)2-3-19(25-18)26-20-27-23-14-33-20/h2-3,10-14H,1,4-9H2,(H,31,32)(H,25,26,27). The van der Waals surface area contributed by atoms with Gasteiger partial charge in [0, 0.05) is 62.8 Å². The lowest BCUT2D eigenvalue weighted by Gasteiger charge is -2.32. The number of hydrogen-bond donors (Lipinski definition) is 2. The van der Waals surface area contributed by atoms with Crippen LogP contribution in [0.2, 0.25) is 0 Å². The lowest BCUT2D eigenvalue weighted by molar-refractivity contribution is 0.104. The summed E-state index contributed by atoms with van der Waals surface area (Å²) >= 11 is 1.41. The smallest absolute Gasteiger partial charge is 0.407 e. The van der Waals surface area contributed by atoms with Gasteiger partial charge >= 0.3 is 6.09 Å². The zero-order chi connectivity index (χ0) is 22.6. The molecule has 12 heteroatoms. The van der Waals surface area contributed by atoms with E-state index >= 15 is 0 Å². The SMILES string of the molecule is O=C(O)N1CCN(CCCn2cc(-c3cnc4ccc(Nc5nncs5)nc4c3)cn2)CC1. The molecule has 1 aliphatic rings. The molecule has 11 nitrogen and oxygen atoms in total. The molecule has 0 radical (unpaired) electrons. The number of amides is 1. The summed E-state index contributed by atoms with van der Waals surface area (Å²) < 4.78 is 1.94. The molecule has 1 saturated heterocycles. The van der Waals surface area contributed by atoms with E-state index in [1.165, 1.54) is 16.2 Å². The third kappa shape index (κ3) is 5.07. The lowest BCUT2D eigenvalue weighted by Crippen LogP contribution is -2.48. The molecule has 1 amide bonds. The molecule has 4 aromatic heterocycles. The zero-order valence-electron chi connectivity index (χ0n) is 17.8. The van der Waals surface area contributed by atoms with Crippen molar-refractivity contribution in [1.29, 1.82) is 0 Å². The van der Waals surface area contributed by atoms with E-state index in [0.717, 1.165) is 54.8 Å². The molecule has 0 aliphatic carbocycles. The van der Waals surface area contributed by atoms with Crippen molar-refractivity contribution in [2.75, 3.05) is 38.0 Å². The van der Waals surface area contributed by atoms with Gasteiger partial charge in [0.15, 0.2) is 0 Å². The largest absolute Gasteiger partial charge is 0.465 e. The molecule has 170 valence electrons. The first-order chi connectivity index (χ1) is 16.1. The minimum atomic E-state index is -0.832. The van der Waals surface area contributed by atoms with Crippen molar-refractivity contribution in [3.8, 4) is 11.1 Å². The van der Waals surface area contributed by atoms with E-state index in [9.17, 15) is 4.79 Å². The molecule has 0 spiro atoms. The number of rotatable bonds is 7. The van der Waals surface area contributed by atoms with Crippen molar-refractivity contribution in [1.82, 2.24) is 39.7 Å². The monoisotopic (exact) mass is 465 g/mol. The van der Waals surface area contributed by atoms with Crippen LogP contribution in [0.1, 0.15) is 6.42 Å². The van der Waals surface area contributed by atoms with E-state index in [1.54, 1.807) is 5.51 Å². The summed E-state index contributed by atoms with van der Waals surface area (Å²) in [5.41, 5.74) is 5.22. The maximum absolute atomic E-state index is 11.0. The summed E-state index contributed by atoms with van der Waals surface area (Å²) in [6.45, 7) is 4.43. The maximum atomic E-state index is 11.0. The van der Waals surface area contributed by atoms with Crippen LogP contribution >= 0.6 is 11.3 Å². The summed E-state index contributed by atoms with van der Waals surface area (Å²) in [6.07, 6.45) is 5.82. The summed E-state index contributed by atoms with van der Waals surface area (Å²) in [5.74, 6) is 0.693. The van der Waals surface area contributed by atoms with Crippen molar-refractivity contribution in [2.24, 2.45) is 0 Å². The molecule has 0 aromatic carbocycles. The number of nitrogens with zero attached hydrogens (tertiary/aromatic N) is 8. The van der Waals surface area contributed by atoms with Gasteiger partial charge in [-0.25, -0.2) is 9.78 Å². The highest BCUT2D eigenvalue weighted by atomic mass is 32.1. The number of carbonyl (C=O) groups is 1. The van der Waals surface area contributed by atoms with Crippen molar-refractivity contribution in [3.63, 3.8) is 0 Å². The normalized spacial score (nSPS) is 14.6. The summed E-state index contributed by atoms with van der Waals surface area (Å²) in [4.78, 5) is 24.0. The maximum Gasteiger partial charge on any atom is 0.407 e. The highest BCUT2D eigenvalue weighted by molar-refractivity contribution is 7.13. The van der Waals surface area contributed by atoms with E-state index in [2.05, 4.69) is 35.5 Å². The van der Waals surface area contributed by atoms with Gasteiger partial charge in [-0.3, -0.25) is 14.6 Å². The molecule has 0 atom stereocenters. The van der Waals surface area contributed by atoms with Gasteiger partial charge in [0.2, 0.25) is 5.13 Å². The zero-order valence-corrected chi connectivity index (χ0v) is 18.6. The van der Waals surface area contributed by atoms with Crippen molar-refractivity contribution < 1.29 is 9.90 Å². The van der Waals surface area contributed by atoms with E-state index in [4.69, 9.17) is 5.11 Å². The summed E-state index contributed by atoms with van der Waals surface area (Å²) in [7, 11) is 0. The Labute approximate surface area is 193 Å². The Balaban J connectivity index is 1.20. The van der Waals surface area contributed by atoms with Crippen molar-refractivity contribution in [3.05, 3.63) is 42.3 Å². The Morgan fingerprint density at radius 3 is 2.76 bits per heavy atom. The van der Waals surface area contributed by atoms with E-state index in [1.807, 2.05) is 41.5 Å². The van der Waals surface area contributed by atoms with E-state index < -0.39 is 6.09 Å². The summed E-state index contributed by atoms with van der Waals surface area (Å²) in [6, 6.07) is 5.81. The highest BCUT2D eigenvalue weighted by Gasteiger charge is 2.19. The molecule has 4 aromatic rings. The second-order valence-electron chi connectivity index (χ2n) is 7.78. The third-order valence-corrected chi connectivity index (χ3v) is 6.21. The Morgan fingerprint density at radius 1 is 1.09 bits per heavy atom. The average Bonchev–Trinajstić information content (AvgIpc) is 3.51. The topological polar surface area (TPSA) is 125 Å². The molecule has 5 heterocycles. The van der Waals surface area contributed by atoms with Gasteiger partial charge in [-0.2, -0.15) is 5.10 Å². The van der Waals surface area contributed by atoms with E-state index in [0.29, 0.717) is 24.0 Å². The first-order valence-corrected chi connectivity index (χ1v) is 11.5. The minimum absolute atomic E-state index is 0.572. The van der Waals surface area contributed by atoms with Crippen LogP contribution in [0.4, 0.5) is 15.7 Å². The van der Waals surface area contributed by atoms with Crippen LogP contribution in [0, 0.1) is 0 Å². The molecule has 1 aliphatic heterocycles. The number of hydrogen-bond acceptors (Lipinski definition) is 9. The van der Waals surface area contributed by atoms with Crippen molar-refractivity contribution >= 4 is 39.4 Å². The van der Waals surface area contributed by atoms with Gasteiger partial charge in [0.05, 0.1) is 17.2 Å². The molecule has 1 fully saturated rings. The fourth-order valence-corrected chi connectivity index (χ4v) is 4.28. The van der Waals surface area contributed by atoms with Crippen LogP contribution in [-0.4, -0.2) is 83.7 Å². The molecule has 0 unspecified atom stereocenters. The highest BCUT2D eigenvalue weighted by Crippen LogP contribution is 2.24. The predicted octanol–water partition coefficient (Wildman–Crippen LogP) is 2.77. The third-order valence-electron chi connectivity index (χ3n) is 5.60. The fourth-order valence-electron chi connectivity index (χ4n) is 3.83. The number of anilines is 2. The van der Waals surface area contributed by atoms with Crippen molar-refractivity contribution in [2.45, 2.75) is 13.0 Å². The Morgan fingerprint density at radius 2 is 1.97 bits per heavy atom. The lowest BCUT2D eigenvalue weighted by atomic mass is 10.1. The minimum Gasteiger partial charge on any atom is -0.465 e. The van der Waals surface area contributed by atoms with Gasteiger partial charge < -0.3 is 15.3 Å². The Kier molecular flexibility index (Phi) is 6.09. The van der Waals surface area contributed by atoms with E-state index in [-0.39, 0.29) is 0 Å². The van der Waals surface area contributed by atoms with Gasteiger partial charge in [-0.05, 0) is 24.6 Å². The van der Waals surface area contributed by atoms with Crippen LogP contribution in [-0.2, 0) is 6.54 Å². The molecular formula is C21H23N9O2S.